The Morgan fingerprint density at radius 2 is 1.96 bits per heavy atom. The van der Waals surface area contributed by atoms with E-state index in [4.69, 9.17) is 4.74 Å². The summed E-state index contributed by atoms with van der Waals surface area (Å²) in [5.74, 6) is -1.26. The second-order valence-corrected chi connectivity index (χ2v) is 6.24. The van der Waals surface area contributed by atoms with Crippen LogP contribution in [-0.4, -0.2) is 47.2 Å². The van der Waals surface area contributed by atoms with E-state index in [2.05, 4.69) is 15.6 Å². The van der Waals surface area contributed by atoms with Gasteiger partial charge in [-0.2, -0.15) is 0 Å². The molecule has 0 fully saturated rings. The molecule has 0 aliphatic carbocycles. The van der Waals surface area contributed by atoms with Gasteiger partial charge in [-0.15, -0.1) is 11.3 Å². The molecule has 3 amide bonds. The number of aliphatic carboxylic acids is 1. The van der Waals surface area contributed by atoms with Gasteiger partial charge in [-0.05, 0) is 5.56 Å². The van der Waals surface area contributed by atoms with Crippen molar-refractivity contribution in [2.24, 2.45) is 0 Å². The summed E-state index contributed by atoms with van der Waals surface area (Å²) in [5.41, 5.74) is 0.941. The number of urea groups is 1. The molecule has 0 radical (unpaired) electrons. The summed E-state index contributed by atoms with van der Waals surface area (Å²) in [6, 6.07) is 7.27. The SMILES string of the molecule is CN(C)C(=O)NC(C(=O)O)c1csc(NC(=O)OCc2ccccc2)n1. The highest BCUT2D eigenvalue weighted by atomic mass is 32.1. The van der Waals surface area contributed by atoms with E-state index in [-0.39, 0.29) is 17.4 Å². The molecule has 0 aliphatic rings. The number of carbonyl (C=O) groups excluding carboxylic acids is 2. The van der Waals surface area contributed by atoms with Crippen LogP contribution in [0.25, 0.3) is 0 Å². The summed E-state index contributed by atoms with van der Waals surface area (Å²) < 4.78 is 5.07. The summed E-state index contributed by atoms with van der Waals surface area (Å²) in [7, 11) is 2.98. The van der Waals surface area contributed by atoms with Crippen LogP contribution >= 0.6 is 11.3 Å². The first-order valence-corrected chi connectivity index (χ1v) is 8.38. The van der Waals surface area contributed by atoms with Crippen LogP contribution < -0.4 is 10.6 Å². The Balaban J connectivity index is 1.95. The highest BCUT2D eigenvalue weighted by Crippen LogP contribution is 2.21. The maximum atomic E-state index is 11.8. The first kappa shape index (κ1) is 19.2. The topological polar surface area (TPSA) is 121 Å². The van der Waals surface area contributed by atoms with Crippen molar-refractivity contribution in [2.75, 3.05) is 19.4 Å². The number of hydrogen-bond acceptors (Lipinski definition) is 6. The van der Waals surface area contributed by atoms with Crippen LogP contribution in [0.1, 0.15) is 17.3 Å². The number of benzene rings is 1. The smallest absolute Gasteiger partial charge is 0.413 e. The fraction of sp³-hybridized carbons (Fsp3) is 0.250. The molecule has 9 nitrogen and oxygen atoms in total. The van der Waals surface area contributed by atoms with E-state index in [1.165, 1.54) is 24.4 Å². The zero-order chi connectivity index (χ0) is 19.1. The van der Waals surface area contributed by atoms with Crippen molar-refractivity contribution >= 4 is 34.6 Å². The molecule has 0 saturated heterocycles. The zero-order valence-electron chi connectivity index (χ0n) is 14.1. The van der Waals surface area contributed by atoms with Crippen LogP contribution in [0, 0.1) is 0 Å². The lowest BCUT2D eigenvalue weighted by atomic mass is 10.2. The van der Waals surface area contributed by atoms with Crippen molar-refractivity contribution in [3.8, 4) is 0 Å². The molecule has 0 aliphatic heterocycles. The average molecular weight is 378 g/mol. The first-order valence-electron chi connectivity index (χ1n) is 7.50. The minimum absolute atomic E-state index is 0.0988. The van der Waals surface area contributed by atoms with Crippen LogP contribution in [0.3, 0.4) is 0 Å². The number of thiazole rings is 1. The van der Waals surface area contributed by atoms with Crippen molar-refractivity contribution in [3.63, 3.8) is 0 Å². The van der Waals surface area contributed by atoms with Crippen LogP contribution in [-0.2, 0) is 16.1 Å². The summed E-state index contributed by atoms with van der Waals surface area (Å²) in [5, 5.41) is 15.7. The number of amides is 3. The van der Waals surface area contributed by atoms with Gasteiger partial charge in [0.25, 0.3) is 0 Å². The number of nitrogens with one attached hydrogen (secondary N) is 2. The maximum absolute atomic E-state index is 11.8. The molecular weight excluding hydrogens is 360 g/mol. The predicted molar refractivity (Wildman–Crippen MR) is 95.0 cm³/mol. The van der Waals surface area contributed by atoms with Crippen LogP contribution in [0.2, 0.25) is 0 Å². The summed E-state index contributed by atoms with van der Waals surface area (Å²) in [4.78, 5) is 40.1. The molecule has 10 heteroatoms. The van der Waals surface area contributed by atoms with E-state index in [1.807, 2.05) is 30.3 Å². The molecule has 1 unspecified atom stereocenters. The molecular formula is C16H18N4O5S. The van der Waals surface area contributed by atoms with E-state index in [1.54, 1.807) is 0 Å². The van der Waals surface area contributed by atoms with Crippen LogP contribution in [0.5, 0.6) is 0 Å². The number of anilines is 1. The number of hydrogen-bond donors (Lipinski definition) is 3. The Labute approximate surface area is 153 Å². The Bertz CT molecular complexity index is 778. The third-order valence-electron chi connectivity index (χ3n) is 3.16. The third-order valence-corrected chi connectivity index (χ3v) is 3.94. The molecule has 0 saturated carbocycles. The van der Waals surface area contributed by atoms with Gasteiger partial charge in [-0.3, -0.25) is 5.32 Å². The maximum Gasteiger partial charge on any atom is 0.413 e. The average Bonchev–Trinajstić information content (AvgIpc) is 3.06. The highest BCUT2D eigenvalue weighted by Gasteiger charge is 2.25. The van der Waals surface area contributed by atoms with Crippen LogP contribution in [0.15, 0.2) is 35.7 Å². The normalized spacial score (nSPS) is 11.3. The predicted octanol–water partition coefficient (Wildman–Crippen LogP) is 2.29. The Morgan fingerprint density at radius 1 is 1.27 bits per heavy atom. The molecule has 2 aromatic rings. The van der Waals surface area contributed by atoms with Gasteiger partial charge in [-0.25, -0.2) is 19.4 Å². The summed E-state index contributed by atoms with van der Waals surface area (Å²) in [6.45, 7) is 0.0988. The van der Waals surface area contributed by atoms with E-state index >= 15 is 0 Å². The largest absolute Gasteiger partial charge is 0.479 e. The van der Waals surface area contributed by atoms with Gasteiger partial charge >= 0.3 is 18.1 Å². The van der Waals surface area contributed by atoms with Gasteiger partial charge in [0.15, 0.2) is 11.2 Å². The second kappa shape index (κ2) is 8.81. The van der Waals surface area contributed by atoms with E-state index in [9.17, 15) is 19.5 Å². The number of carboxylic acid groups (broad SMARTS) is 1. The number of nitrogens with zero attached hydrogens (tertiary/aromatic N) is 2. The quantitative estimate of drug-likeness (QED) is 0.709. The van der Waals surface area contributed by atoms with Crippen molar-refractivity contribution < 1.29 is 24.2 Å². The molecule has 26 heavy (non-hydrogen) atoms. The second-order valence-electron chi connectivity index (χ2n) is 5.38. The van der Waals surface area contributed by atoms with Gasteiger partial charge in [0.2, 0.25) is 0 Å². The Hall–Kier alpha value is -3.14. The minimum atomic E-state index is -1.32. The van der Waals surface area contributed by atoms with Crippen molar-refractivity contribution in [3.05, 3.63) is 47.0 Å². The fourth-order valence-electron chi connectivity index (χ4n) is 1.84. The molecule has 0 spiro atoms. The lowest BCUT2D eigenvalue weighted by Gasteiger charge is -2.16. The summed E-state index contributed by atoms with van der Waals surface area (Å²) >= 11 is 1.03. The van der Waals surface area contributed by atoms with Crippen molar-refractivity contribution in [1.29, 1.82) is 0 Å². The van der Waals surface area contributed by atoms with E-state index in [0.717, 1.165) is 16.9 Å². The molecule has 1 atom stereocenters. The molecule has 138 valence electrons. The van der Waals surface area contributed by atoms with E-state index < -0.39 is 24.1 Å². The molecule has 1 aromatic heterocycles. The van der Waals surface area contributed by atoms with Gasteiger partial charge in [0, 0.05) is 19.5 Å². The standard InChI is InChI=1S/C16H18N4O5S/c1-20(2)15(23)18-12(13(21)22)11-9-26-14(17-11)19-16(24)25-8-10-6-4-3-5-7-10/h3-7,9,12H,8H2,1-2H3,(H,18,23)(H,21,22)(H,17,19,24). The zero-order valence-corrected chi connectivity index (χ0v) is 14.9. The number of carbonyl (C=O) groups is 3. The number of carboxylic acids is 1. The Kier molecular flexibility index (Phi) is 6.50. The third kappa shape index (κ3) is 5.45. The van der Waals surface area contributed by atoms with Crippen molar-refractivity contribution in [1.82, 2.24) is 15.2 Å². The number of ether oxygens (including phenoxy) is 1. The molecule has 1 aromatic carbocycles. The minimum Gasteiger partial charge on any atom is -0.479 e. The molecule has 1 heterocycles. The first-order chi connectivity index (χ1) is 12.4. The monoisotopic (exact) mass is 378 g/mol. The van der Waals surface area contributed by atoms with Gasteiger partial charge in [0.05, 0.1) is 5.69 Å². The van der Waals surface area contributed by atoms with E-state index in [0.29, 0.717) is 0 Å². The van der Waals surface area contributed by atoms with Gasteiger partial charge < -0.3 is 20.1 Å². The molecule has 3 N–H and O–H groups in total. The van der Waals surface area contributed by atoms with Gasteiger partial charge in [-0.1, -0.05) is 30.3 Å². The fourth-order valence-corrected chi connectivity index (χ4v) is 2.56. The lowest BCUT2D eigenvalue weighted by molar-refractivity contribution is -0.139. The van der Waals surface area contributed by atoms with Gasteiger partial charge in [0.1, 0.15) is 6.61 Å². The van der Waals surface area contributed by atoms with Crippen LogP contribution in [0.4, 0.5) is 14.7 Å². The number of aromatic nitrogens is 1. The lowest BCUT2D eigenvalue weighted by Crippen LogP contribution is -2.40. The molecule has 0 bridgehead atoms. The summed E-state index contributed by atoms with van der Waals surface area (Å²) in [6.07, 6.45) is -0.709. The van der Waals surface area contributed by atoms with Crippen molar-refractivity contribution in [2.45, 2.75) is 12.6 Å². The number of rotatable bonds is 6. The molecule has 2 rings (SSSR count). The highest BCUT2D eigenvalue weighted by molar-refractivity contribution is 7.13. The Morgan fingerprint density at radius 3 is 2.58 bits per heavy atom.